The first-order valence-electron chi connectivity index (χ1n) is 9.63. The average molecular weight is 400 g/mol. The zero-order chi connectivity index (χ0) is 20.8. The van der Waals surface area contributed by atoms with Gasteiger partial charge in [0.25, 0.3) is 11.8 Å². The molecule has 29 heavy (non-hydrogen) atoms. The molecule has 0 spiro atoms. The van der Waals surface area contributed by atoms with E-state index < -0.39 is 11.9 Å². The normalized spacial score (nSPS) is 15.5. The zero-order valence-corrected chi connectivity index (χ0v) is 16.6. The predicted molar refractivity (Wildman–Crippen MR) is 107 cm³/mol. The maximum atomic E-state index is 13.8. The Balaban J connectivity index is 1.47. The van der Waals surface area contributed by atoms with Gasteiger partial charge in [-0.05, 0) is 56.2 Å². The van der Waals surface area contributed by atoms with E-state index in [4.69, 9.17) is 9.47 Å². The van der Waals surface area contributed by atoms with Crippen molar-refractivity contribution >= 4 is 11.8 Å². The molecule has 0 radical (unpaired) electrons. The van der Waals surface area contributed by atoms with Crippen LogP contribution in [0.3, 0.4) is 0 Å². The van der Waals surface area contributed by atoms with Crippen molar-refractivity contribution in [2.75, 3.05) is 20.2 Å². The van der Waals surface area contributed by atoms with E-state index in [-0.39, 0.29) is 23.4 Å². The molecule has 2 aromatic carbocycles. The Morgan fingerprint density at radius 3 is 2.31 bits per heavy atom. The average Bonchev–Trinajstić information content (AvgIpc) is 2.74. The molecular weight excluding hydrogens is 375 g/mol. The Kier molecular flexibility index (Phi) is 6.69. The first-order chi connectivity index (χ1) is 14.0. The number of amides is 2. The quantitative estimate of drug-likeness (QED) is 0.809. The molecule has 0 bridgehead atoms. The summed E-state index contributed by atoms with van der Waals surface area (Å²) in [6, 6.07) is 13.0. The molecule has 6 nitrogen and oxygen atoms in total. The molecular formula is C22H25FN2O4. The highest BCUT2D eigenvalue weighted by Gasteiger charge is 2.27. The monoisotopic (exact) mass is 400 g/mol. The van der Waals surface area contributed by atoms with Gasteiger partial charge in [0.05, 0.1) is 12.7 Å². The van der Waals surface area contributed by atoms with Crippen LogP contribution >= 0.6 is 0 Å². The molecule has 0 saturated carbocycles. The van der Waals surface area contributed by atoms with Crippen LogP contribution in [0.15, 0.2) is 48.5 Å². The third kappa shape index (κ3) is 5.25. The van der Waals surface area contributed by atoms with E-state index in [9.17, 15) is 14.0 Å². The summed E-state index contributed by atoms with van der Waals surface area (Å²) in [5, 5.41) is 2.97. The molecule has 7 heteroatoms. The lowest BCUT2D eigenvalue weighted by atomic mass is 10.0. The molecule has 2 aromatic rings. The second kappa shape index (κ2) is 9.41. The molecule has 1 atom stereocenters. The number of hydrogen-bond acceptors (Lipinski definition) is 4. The summed E-state index contributed by atoms with van der Waals surface area (Å²) >= 11 is 0. The number of nitrogens with zero attached hydrogens (tertiary/aromatic N) is 1. The fourth-order valence-electron chi connectivity index (χ4n) is 3.26. The van der Waals surface area contributed by atoms with Gasteiger partial charge in [0, 0.05) is 19.1 Å². The van der Waals surface area contributed by atoms with Crippen LogP contribution in [-0.2, 0) is 4.79 Å². The molecule has 1 fully saturated rings. The molecule has 2 amide bonds. The van der Waals surface area contributed by atoms with E-state index in [1.165, 1.54) is 12.1 Å². The number of benzene rings is 2. The summed E-state index contributed by atoms with van der Waals surface area (Å²) in [5.74, 6) is 0.256. The van der Waals surface area contributed by atoms with E-state index in [0.29, 0.717) is 37.4 Å². The van der Waals surface area contributed by atoms with Gasteiger partial charge in [-0.15, -0.1) is 0 Å². The maximum Gasteiger partial charge on any atom is 0.260 e. The Bertz CT molecular complexity index is 848. The number of likely N-dealkylation sites (tertiary alicyclic amines) is 1. The number of ether oxygens (including phenoxy) is 2. The van der Waals surface area contributed by atoms with Gasteiger partial charge in [-0.25, -0.2) is 4.39 Å². The second-order valence-corrected chi connectivity index (χ2v) is 6.99. The number of rotatable bonds is 6. The lowest BCUT2D eigenvalue weighted by Gasteiger charge is -2.33. The van der Waals surface area contributed by atoms with Gasteiger partial charge in [0.15, 0.2) is 6.10 Å². The largest absolute Gasteiger partial charge is 0.497 e. The first-order valence-corrected chi connectivity index (χ1v) is 9.63. The third-order valence-corrected chi connectivity index (χ3v) is 4.97. The number of carbonyl (C=O) groups excluding carboxylic acids is 2. The van der Waals surface area contributed by atoms with Gasteiger partial charge >= 0.3 is 0 Å². The highest BCUT2D eigenvalue weighted by molar-refractivity contribution is 5.94. The molecule has 1 aliphatic rings. The van der Waals surface area contributed by atoms with Crippen molar-refractivity contribution in [1.82, 2.24) is 10.2 Å². The Labute approximate surface area is 169 Å². The fraction of sp³-hybridized carbons (Fsp3) is 0.364. The van der Waals surface area contributed by atoms with Gasteiger partial charge < -0.3 is 19.7 Å². The standard InChI is InChI=1S/C22H25FN2O4/c1-15(29-18-9-7-17(28-2)8-10-18)21(26)24-16-11-13-25(14-12-16)22(27)19-5-3-4-6-20(19)23/h3-10,15-16H,11-14H2,1-2H3,(H,24,26). The van der Waals surface area contributed by atoms with Gasteiger partial charge in [-0.1, -0.05) is 12.1 Å². The molecule has 154 valence electrons. The minimum Gasteiger partial charge on any atom is -0.497 e. The van der Waals surface area contributed by atoms with Crippen molar-refractivity contribution in [1.29, 1.82) is 0 Å². The first kappa shape index (κ1) is 20.6. The summed E-state index contributed by atoms with van der Waals surface area (Å²) in [4.78, 5) is 26.5. The van der Waals surface area contributed by atoms with E-state index >= 15 is 0 Å². The van der Waals surface area contributed by atoms with Crippen molar-refractivity contribution in [3.63, 3.8) is 0 Å². The van der Waals surface area contributed by atoms with Crippen LogP contribution in [0.5, 0.6) is 11.5 Å². The predicted octanol–water partition coefficient (Wildman–Crippen LogP) is 3.02. The van der Waals surface area contributed by atoms with Crippen LogP contribution in [0.2, 0.25) is 0 Å². The number of nitrogens with one attached hydrogen (secondary N) is 1. The number of methoxy groups -OCH3 is 1. The number of halogens is 1. The highest BCUT2D eigenvalue weighted by atomic mass is 19.1. The SMILES string of the molecule is COc1ccc(OC(C)C(=O)NC2CCN(C(=O)c3ccccc3F)CC2)cc1. The van der Waals surface area contributed by atoms with Crippen molar-refractivity contribution < 1.29 is 23.5 Å². The minimum atomic E-state index is -0.651. The van der Waals surface area contributed by atoms with E-state index in [2.05, 4.69) is 5.32 Å². The van der Waals surface area contributed by atoms with Crippen molar-refractivity contribution in [3.8, 4) is 11.5 Å². The molecule has 1 N–H and O–H groups in total. The summed E-state index contributed by atoms with van der Waals surface area (Å²) in [6.07, 6.45) is 0.573. The molecule has 3 rings (SSSR count). The maximum absolute atomic E-state index is 13.8. The van der Waals surface area contributed by atoms with Crippen molar-refractivity contribution in [3.05, 3.63) is 59.9 Å². The topological polar surface area (TPSA) is 67.9 Å². The fourth-order valence-corrected chi connectivity index (χ4v) is 3.26. The van der Waals surface area contributed by atoms with Crippen LogP contribution in [0.1, 0.15) is 30.1 Å². The molecule has 1 saturated heterocycles. The summed E-state index contributed by atoms with van der Waals surface area (Å²) < 4.78 is 24.6. The third-order valence-electron chi connectivity index (χ3n) is 4.97. The summed E-state index contributed by atoms with van der Waals surface area (Å²) in [5.41, 5.74) is 0.0801. The van der Waals surface area contributed by atoms with E-state index in [1.807, 2.05) is 0 Å². The van der Waals surface area contributed by atoms with Gasteiger partial charge in [-0.3, -0.25) is 9.59 Å². The summed E-state index contributed by atoms with van der Waals surface area (Å²) in [6.45, 7) is 2.62. The van der Waals surface area contributed by atoms with Crippen LogP contribution in [0, 0.1) is 5.82 Å². The molecule has 1 unspecified atom stereocenters. The summed E-state index contributed by atoms with van der Waals surface area (Å²) in [7, 11) is 1.58. The van der Waals surface area contributed by atoms with Crippen LogP contribution < -0.4 is 14.8 Å². The number of hydrogen-bond donors (Lipinski definition) is 1. The van der Waals surface area contributed by atoms with Crippen molar-refractivity contribution in [2.45, 2.75) is 31.9 Å². The Morgan fingerprint density at radius 1 is 1.07 bits per heavy atom. The van der Waals surface area contributed by atoms with Gasteiger partial charge in [0.1, 0.15) is 17.3 Å². The second-order valence-electron chi connectivity index (χ2n) is 6.99. The van der Waals surface area contributed by atoms with Crippen LogP contribution in [0.4, 0.5) is 4.39 Å². The van der Waals surface area contributed by atoms with Crippen molar-refractivity contribution in [2.24, 2.45) is 0 Å². The van der Waals surface area contributed by atoms with E-state index in [1.54, 1.807) is 55.3 Å². The van der Waals surface area contributed by atoms with Crippen LogP contribution in [-0.4, -0.2) is 49.1 Å². The Hall–Kier alpha value is -3.09. The minimum absolute atomic E-state index is 0.0471. The molecule has 0 aliphatic carbocycles. The highest BCUT2D eigenvalue weighted by Crippen LogP contribution is 2.19. The lowest BCUT2D eigenvalue weighted by Crippen LogP contribution is -2.49. The smallest absolute Gasteiger partial charge is 0.260 e. The van der Waals surface area contributed by atoms with Gasteiger partial charge in [-0.2, -0.15) is 0 Å². The van der Waals surface area contributed by atoms with Crippen LogP contribution in [0.25, 0.3) is 0 Å². The number of carbonyl (C=O) groups is 2. The Morgan fingerprint density at radius 2 is 1.69 bits per heavy atom. The lowest BCUT2D eigenvalue weighted by molar-refractivity contribution is -0.128. The molecule has 0 aromatic heterocycles. The number of piperidine rings is 1. The van der Waals surface area contributed by atoms with E-state index in [0.717, 1.165) is 0 Å². The molecule has 1 aliphatic heterocycles. The van der Waals surface area contributed by atoms with Gasteiger partial charge in [0.2, 0.25) is 0 Å². The molecule has 1 heterocycles. The zero-order valence-electron chi connectivity index (χ0n) is 16.6.